The van der Waals surface area contributed by atoms with E-state index in [1.54, 1.807) is 0 Å². The number of aliphatic hydroxyl groups is 1. The van der Waals surface area contributed by atoms with Gasteiger partial charge in [0.15, 0.2) is 0 Å². The molecular weight excluding hydrogens is 472 g/mol. The molecule has 1 unspecified atom stereocenters. The third kappa shape index (κ3) is 11.3. The van der Waals surface area contributed by atoms with Gasteiger partial charge in [-0.05, 0) is 11.1 Å². The van der Waals surface area contributed by atoms with Gasteiger partial charge in [-0.1, -0.05) is 60.7 Å². The van der Waals surface area contributed by atoms with Crippen LogP contribution in [0.5, 0.6) is 0 Å². The van der Waals surface area contributed by atoms with E-state index in [-0.39, 0.29) is 51.3 Å². The average molecular weight is 503 g/mol. The van der Waals surface area contributed by atoms with Crippen molar-refractivity contribution in [3.63, 3.8) is 0 Å². The molecule has 2 aromatic carbocycles. The molecule has 2 atom stereocenters. The van der Waals surface area contributed by atoms with Gasteiger partial charge in [-0.3, -0.25) is 9.59 Å². The maximum atomic E-state index is 11.5. The molecule has 0 spiro atoms. The van der Waals surface area contributed by atoms with Gasteiger partial charge in [0.05, 0.1) is 38.6 Å². The lowest BCUT2D eigenvalue weighted by Crippen LogP contribution is -2.39. The maximum Gasteiger partial charge on any atom is 0.407 e. The second-order valence-corrected chi connectivity index (χ2v) is 7.66. The minimum Gasteiger partial charge on any atom is -0.469 e. The third-order valence-corrected chi connectivity index (χ3v) is 4.79. The van der Waals surface area contributed by atoms with E-state index < -0.39 is 24.2 Å². The van der Waals surface area contributed by atoms with Gasteiger partial charge in [-0.15, -0.1) is 0 Å². The summed E-state index contributed by atoms with van der Waals surface area (Å²) in [6, 6.07) is 17.6. The zero-order chi connectivity index (χ0) is 26.2. The number of benzene rings is 2. The Hall–Kier alpha value is -4.12. The molecule has 36 heavy (non-hydrogen) atoms. The molecule has 2 aromatic rings. The first-order valence-corrected chi connectivity index (χ1v) is 11.2. The minimum atomic E-state index is -0.712. The number of carbonyl (C=O) groups is 4. The molecule has 0 aromatic heterocycles. The molecule has 0 bridgehead atoms. The van der Waals surface area contributed by atoms with Crippen molar-refractivity contribution < 1.29 is 43.2 Å². The van der Waals surface area contributed by atoms with Crippen molar-refractivity contribution >= 4 is 24.1 Å². The second kappa shape index (κ2) is 15.7. The number of aliphatic hydroxyl groups excluding tert-OH is 1. The smallest absolute Gasteiger partial charge is 0.407 e. The van der Waals surface area contributed by atoms with Crippen LogP contribution in [0.3, 0.4) is 0 Å². The summed E-state index contributed by atoms with van der Waals surface area (Å²) in [5.74, 6) is -0.805. The first-order chi connectivity index (χ1) is 17.4. The fourth-order valence-electron chi connectivity index (χ4n) is 2.91. The summed E-state index contributed by atoms with van der Waals surface area (Å²) in [4.78, 5) is 44.7. The van der Waals surface area contributed by atoms with Crippen molar-refractivity contribution in [2.75, 3.05) is 20.3 Å². The Morgan fingerprint density at radius 3 is 2.00 bits per heavy atom. The molecule has 194 valence electrons. The zero-order valence-electron chi connectivity index (χ0n) is 19.9. The molecule has 1 fully saturated rings. The Balaban J connectivity index is 0.000000255. The second-order valence-electron chi connectivity index (χ2n) is 7.66. The first kappa shape index (κ1) is 28.1. The molecule has 11 nitrogen and oxygen atoms in total. The summed E-state index contributed by atoms with van der Waals surface area (Å²) >= 11 is 0. The van der Waals surface area contributed by atoms with E-state index in [2.05, 4.69) is 15.4 Å². The number of nitrogens with one attached hydrogen (secondary N) is 2. The van der Waals surface area contributed by atoms with Crippen molar-refractivity contribution in [2.45, 2.75) is 38.1 Å². The van der Waals surface area contributed by atoms with Crippen molar-refractivity contribution in [2.24, 2.45) is 0 Å². The molecule has 0 radical (unpaired) electrons. The van der Waals surface area contributed by atoms with E-state index in [4.69, 9.17) is 19.3 Å². The Kier molecular flexibility index (Phi) is 12.3. The van der Waals surface area contributed by atoms with Crippen molar-refractivity contribution in [1.82, 2.24) is 10.6 Å². The number of hydrogen-bond donors (Lipinski definition) is 3. The molecule has 1 aliphatic heterocycles. The molecule has 0 saturated carbocycles. The Morgan fingerprint density at radius 2 is 1.53 bits per heavy atom. The number of ether oxygens (including phenoxy) is 4. The number of cyclic esters (lactones) is 1. The topological polar surface area (TPSA) is 149 Å². The number of amides is 2. The number of alkyl carbamates (subject to hydrolysis) is 2. The lowest BCUT2D eigenvalue weighted by Gasteiger charge is -2.14. The third-order valence-electron chi connectivity index (χ3n) is 4.79. The summed E-state index contributed by atoms with van der Waals surface area (Å²) < 4.78 is 19.1. The van der Waals surface area contributed by atoms with Gasteiger partial charge in [0, 0.05) is 0 Å². The Morgan fingerprint density at radius 1 is 0.972 bits per heavy atom. The molecule has 11 heteroatoms. The van der Waals surface area contributed by atoms with E-state index in [0.717, 1.165) is 11.1 Å². The van der Waals surface area contributed by atoms with Crippen molar-refractivity contribution in [1.29, 1.82) is 0 Å². The molecule has 1 saturated heterocycles. The van der Waals surface area contributed by atoms with E-state index in [1.165, 1.54) is 7.11 Å². The van der Waals surface area contributed by atoms with Crippen LogP contribution < -0.4 is 10.6 Å². The number of hydrogen-bond acceptors (Lipinski definition) is 9. The van der Waals surface area contributed by atoms with Crippen LogP contribution in [-0.2, 0) is 41.8 Å². The molecule has 3 N–H and O–H groups in total. The van der Waals surface area contributed by atoms with Gasteiger partial charge in [-0.25, -0.2) is 9.59 Å². The normalized spacial score (nSPS) is 14.8. The number of esters is 2. The SMILES string of the molecule is COC(=O)C[C@@H](CO)NC(=O)OCc1ccccc1.O=C1CC(NC(=O)OCc2ccccc2)CO1. The van der Waals surface area contributed by atoms with E-state index >= 15 is 0 Å². The highest BCUT2D eigenvalue weighted by atomic mass is 16.6. The highest BCUT2D eigenvalue weighted by Gasteiger charge is 2.25. The van der Waals surface area contributed by atoms with E-state index in [9.17, 15) is 19.2 Å². The Bertz CT molecular complexity index is 970. The largest absolute Gasteiger partial charge is 0.469 e. The molecular formula is C25H30N2O9. The summed E-state index contributed by atoms with van der Waals surface area (Å²) in [5.41, 5.74) is 1.77. The number of rotatable bonds is 9. The zero-order valence-corrected chi connectivity index (χ0v) is 19.9. The quantitative estimate of drug-likeness (QED) is 0.346. The standard InChI is InChI=1S/C13H17NO5.C12H13NO4/c1-18-12(16)7-11(8-15)14-13(17)19-9-10-5-3-2-4-6-10;14-11-6-10(8-16-11)13-12(15)17-7-9-4-2-1-3-5-9/h2-6,11,15H,7-9H2,1H3,(H,14,17);1-5,10H,6-8H2,(H,13,15)/t11-;/m0./s1. The highest BCUT2D eigenvalue weighted by Crippen LogP contribution is 2.06. The number of carbonyl (C=O) groups excluding carboxylic acids is 4. The van der Waals surface area contributed by atoms with Gasteiger partial charge in [0.1, 0.15) is 19.8 Å². The van der Waals surface area contributed by atoms with Crippen LogP contribution in [-0.4, -0.2) is 61.6 Å². The molecule has 1 aliphatic rings. The van der Waals surface area contributed by atoms with Gasteiger partial charge in [-0.2, -0.15) is 0 Å². The highest BCUT2D eigenvalue weighted by molar-refractivity contribution is 5.75. The summed E-state index contributed by atoms with van der Waals surface area (Å²) in [5, 5.41) is 14.0. The molecule has 2 amide bonds. The van der Waals surface area contributed by atoms with Crippen LogP contribution in [0.15, 0.2) is 60.7 Å². The maximum absolute atomic E-state index is 11.5. The number of methoxy groups -OCH3 is 1. The van der Waals surface area contributed by atoms with Crippen LogP contribution in [0.25, 0.3) is 0 Å². The summed E-state index contributed by atoms with van der Waals surface area (Å²) in [7, 11) is 1.24. The molecule has 3 rings (SSSR count). The minimum absolute atomic E-state index is 0.104. The van der Waals surface area contributed by atoms with Gasteiger partial charge < -0.3 is 34.7 Å². The fourth-order valence-corrected chi connectivity index (χ4v) is 2.91. The van der Waals surface area contributed by atoms with E-state index in [0.29, 0.717) is 0 Å². The predicted molar refractivity (Wildman–Crippen MR) is 126 cm³/mol. The first-order valence-electron chi connectivity index (χ1n) is 11.2. The van der Waals surface area contributed by atoms with Crippen LogP contribution >= 0.6 is 0 Å². The van der Waals surface area contributed by atoms with Crippen LogP contribution in [0.4, 0.5) is 9.59 Å². The van der Waals surface area contributed by atoms with Crippen LogP contribution in [0.1, 0.15) is 24.0 Å². The van der Waals surface area contributed by atoms with Gasteiger partial charge >= 0.3 is 24.1 Å². The fraction of sp³-hybridized carbons (Fsp3) is 0.360. The molecule has 0 aliphatic carbocycles. The van der Waals surface area contributed by atoms with Crippen molar-refractivity contribution in [3.05, 3.63) is 71.8 Å². The summed E-state index contributed by atoms with van der Waals surface area (Å²) in [6.45, 7) is 0.200. The van der Waals surface area contributed by atoms with Gasteiger partial charge in [0.2, 0.25) is 0 Å². The Labute approximate surface area is 208 Å². The lowest BCUT2D eigenvalue weighted by atomic mass is 10.2. The van der Waals surface area contributed by atoms with Crippen LogP contribution in [0.2, 0.25) is 0 Å². The monoisotopic (exact) mass is 502 g/mol. The lowest BCUT2D eigenvalue weighted by molar-refractivity contribution is -0.141. The van der Waals surface area contributed by atoms with Gasteiger partial charge in [0.25, 0.3) is 0 Å². The van der Waals surface area contributed by atoms with Crippen molar-refractivity contribution in [3.8, 4) is 0 Å². The average Bonchev–Trinajstić information content (AvgIpc) is 3.31. The summed E-state index contributed by atoms with van der Waals surface area (Å²) in [6.07, 6.45) is -1.11. The predicted octanol–water partition coefficient (Wildman–Crippen LogP) is 2.07. The van der Waals surface area contributed by atoms with E-state index in [1.807, 2.05) is 60.7 Å². The van der Waals surface area contributed by atoms with Crippen LogP contribution in [0, 0.1) is 0 Å². The molecule has 1 heterocycles.